The van der Waals surface area contributed by atoms with Crippen LogP contribution in [-0.4, -0.2) is 21.5 Å². The third kappa shape index (κ3) is 2.43. The van der Waals surface area contributed by atoms with Crippen LogP contribution in [0.2, 0.25) is 0 Å². The second-order valence-electron chi connectivity index (χ2n) is 4.56. The second-order valence-corrected chi connectivity index (χ2v) is 5.04. The molecule has 0 aliphatic carbocycles. The molecule has 0 aliphatic heterocycles. The molecule has 0 saturated heterocycles. The second kappa shape index (κ2) is 5.76. The molecular weight excluding hydrogens is 309 g/mol. The van der Waals surface area contributed by atoms with Gasteiger partial charge < -0.3 is 20.3 Å². The molecule has 3 N–H and O–H groups in total. The Morgan fingerprint density at radius 1 is 1.45 bits per heavy atom. The molecule has 0 aliphatic rings. The van der Waals surface area contributed by atoms with Crippen molar-refractivity contribution in [1.82, 2.24) is 14.3 Å². The van der Waals surface area contributed by atoms with Gasteiger partial charge >= 0.3 is 0 Å². The SMILES string of the molecule is CCc1cc(Nc2cc3onc(N)c3cc2OC)nn1SF. The van der Waals surface area contributed by atoms with Crippen molar-refractivity contribution in [2.45, 2.75) is 13.3 Å². The lowest BCUT2D eigenvalue weighted by Gasteiger charge is -2.08. The van der Waals surface area contributed by atoms with Gasteiger partial charge in [0, 0.05) is 12.1 Å². The van der Waals surface area contributed by atoms with E-state index in [1.165, 1.54) is 4.09 Å². The molecule has 0 atom stereocenters. The zero-order valence-corrected chi connectivity index (χ0v) is 12.8. The Kier molecular flexibility index (Phi) is 3.80. The number of nitrogens with one attached hydrogen (secondary N) is 1. The smallest absolute Gasteiger partial charge is 0.187 e. The van der Waals surface area contributed by atoms with Crippen molar-refractivity contribution in [3.8, 4) is 5.75 Å². The van der Waals surface area contributed by atoms with Crippen LogP contribution in [0.15, 0.2) is 22.7 Å². The molecule has 1 aromatic carbocycles. The van der Waals surface area contributed by atoms with Crippen LogP contribution in [0.3, 0.4) is 0 Å². The maximum Gasteiger partial charge on any atom is 0.187 e. The number of benzene rings is 1. The van der Waals surface area contributed by atoms with Gasteiger partial charge in [-0.3, -0.25) is 0 Å². The predicted molar refractivity (Wildman–Crippen MR) is 84.0 cm³/mol. The van der Waals surface area contributed by atoms with Gasteiger partial charge in [-0.2, -0.15) is 4.09 Å². The van der Waals surface area contributed by atoms with Gasteiger partial charge in [0.25, 0.3) is 0 Å². The fourth-order valence-electron chi connectivity index (χ4n) is 2.15. The van der Waals surface area contributed by atoms with Gasteiger partial charge in [0.2, 0.25) is 0 Å². The molecule has 2 aromatic heterocycles. The van der Waals surface area contributed by atoms with Crippen LogP contribution in [0.5, 0.6) is 5.75 Å². The van der Waals surface area contributed by atoms with Gasteiger partial charge in [0.15, 0.2) is 29.6 Å². The number of hydrogen-bond donors (Lipinski definition) is 2. The van der Waals surface area contributed by atoms with Crippen molar-refractivity contribution < 1.29 is 13.1 Å². The van der Waals surface area contributed by atoms with E-state index in [-0.39, 0.29) is 12.3 Å². The topological polar surface area (TPSA) is 91.1 Å². The average molecular weight is 323 g/mol. The fraction of sp³-hybridized carbons (Fsp3) is 0.231. The van der Waals surface area contributed by atoms with Crippen molar-refractivity contribution in [3.05, 3.63) is 23.9 Å². The number of aromatic nitrogens is 3. The van der Waals surface area contributed by atoms with Crippen LogP contribution in [0.25, 0.3) is 11.0 Å². The molecule has 7 nitrogen and oxygen atoms in total. The lowest BCUT2D eigenvalue weighted by atomic mass is 10.2. The minimum atomic E-state index is 0.0565. The number of anilines is 3. The first-order chi connectivity index (χ1) is 10.7. The Labute approximate surface area is 130 Å². The molecule has 9 heteroatoms. The number of ether oxygens (including phenoxy) is 1. The molecular formula is C13H14FN5O2S. The van der Waals surface area contributed by atoms with E-state index in [9.17, 15) is 3.89 Å². The third-order valence-electron chi connectivity index (χ3n) is 3.26. The van der Waals surface area contributed by atoms with Gasteiger partial charge in [0.05, 0.1) is 23.9 Å². The molecule has 3 aromatic rings. The van der Waals surface area contributed by atoms with Crippen LogP contribution in [0.1, 0.15) is 12.6 Å². The maximum atomic E-state index is 12.8. The van der Waals surface area contributed by atoms with Crippen molar-refractivity contribution in [1.29, 1.82) is 0 Å². The van der Waals surface area contributed by atoms with Gasteiger partial charge in [-0.1, -0.05) is 12.1 Å². The van der Waals surface area contributed by atoms with E-state index in [0.29, 0.717) is 40.5 Å². The van der Waals surface area contributed by atoms with E-state index in [0.717, 1.165) is 5.69 Å². The summed E-state index contributed by atoms with van der Waals surface area (Å²) in [6, 6.07) is 5.21. The maximum absolute atomic E-state index is 12.8. The van der Waals surface area contributed by atoms with Crippen molar-refractivity contribution in [2.24, 2.45) is 0 Å². The number of methoxy groups -OCH3 is 1. The van der Waals surface area contributed by atoms with Gasteiger partial charge in [-0.25, -0.2) is 0 Å². The van der Waals surface area contributed by atoms with E-state index < -0.39 is 0 Å². The highest BCUT2D eigenvalue weighted by Crippen LogP contribution is 2.34. The molecule has 0 amide bonds. The summed E-state index contributed by atoms with van der Waals surface area (Å²) >= 11 is 0.0565. The Morgan fingerprint density at radius 3 is 2.91 bits per heavy atom. The molecule has 2 heterocycles. The molecule has 0 saturated carbocycles. The number of nitrogens with two attached hydrogens (primary N) is 1. The summed E-state index contributed by atoms with van der Waals surface area (Å²) in [5.74, 6) is 1.36. The van der Waals surface area contributed by atoms with Crippen LogP contribution in [0.4, 0.5) is 21.2 Å². The highest BCUT2D eigenvalue weighted by atomic mass is 32.2. The Balaban J connectivity index is 2.00. The number of rotatable bonds is 5. The molecule has 0 fully saturated rings. The van der Waals surface area contributed by atoms with Crippen molar-refractivity contribution in [3.63, 3.8) is 0 Å². The number of hydrogen-bond acceptors (Lipinski definition) is 7. The Hall–Kier alpha value is -2.42. The Bertz CT molecular complexity index is 795. The summed E-state index contributed by atoms with van der Waals surface area (Å²) < 4.78 is 24.5. The largest absolute Gasteiger partial charge is 0.495 e. The Morgan fingerprint density at radius 2 is 2.27 bits per heavy atom. The number of nitrogen functional groups attached to an aromatic ring is 1. The molecule has 0 bridgehead atoms. The minimum Gasteiger partial charge on any atom is -0.495 e. The molecule has 0 unspecified atom stereocenters. The van der Waals surface area contributed by atoms with Crippen LogP contribution >= 0.6 is 12.3 Å². The summed E-state index contributed by atoms with van der Waals surface area (Å²) in [4.78, 5) is 0. The first kappa shape index (κ1) is 14.5. The lowest BCUT2D eigenvalue weighted by Crippen LogP contribution is -1.96. The van der Waals surface area contributed by atoms with E-state index >= 15 is 0 Å². The third-order valence-corrected chi connectivity index (χ3v) is 3.70. The van der Waals surface area contributed by atoms with Crippen LogP contribution in [-0.2, 0) is 6.42 Å². The van der Waals surface area contributed by atoms with E-state index in [4.69, 9.17) is 15.0 Å². The molecule has 0 radical (unpaired) electrons. The van der Waals surface area contributed by atoms with Gasteiger partial charge in [0.1, 0.15) is 5.75 Å². The monoisotopic (exact) mass is 323 g/mol. The van der Waals surface area contributed by atoms with Crippen molar-refractivity contribution in [2.75, 3.05) is 18.2 Å². The standard InChI is InChI=1S/C13H14FN5O2S/c1-3-7-4-12(17-19(7)22-14)16-9-6-10-8(5-11(9)20-2)13(15)18-21-10/h4-6H,3H2,1-2H3,(H2,15,18)(H,16,17). The number of halogens is 1. The summed E-state index contributed by atoms with van der Waals surface area (Å²) in [5.41, 5.74) is 7.63. The number of aryl methyl sites for hydroxylation is 1. The fourth-order valence-corrected chi connectivity index (χ4v) is 2.54. The highest BCUT2D eigenvalue weighted by molar-refractivity contribution is 7.92. The first-order valence-corrected chi connectivity index (χ1v) is 7.21. The van der Waals surface area contributed by atoms with Crippen LogP contribution in [0, 0.1) is 0 Å². The zero-order valence-electron chi connectivity index (χ0n) is 12.0. The zero-order chi connectivity index (χ0) is 15.7. The number of fused-ring (bicyclic) bond motifs is 1. The summed E-state index contributed by atoms with van der Waals surface area (Å²) in [6.45, 7) is 1.93. The average Bonchev–Trinajstić information content (AvgIpc) is 3.10. The van der Waals surface area contributed by atoms with E-state index in [1.54, 1.807) is 25.3 Å². The number of nitrogens with zero attached hydrogens (tertiary/aromatic N) is 3. The summed E-state index contributed by atoms with van der Waals surface area (Å²) in [7, 11) is 1.55. The molecule has 22 heavy (non-hydrogen) atoms. The first-order valence-electron chi connectivity index (χ1n) is 6.54. The van der Waals surface area contributed by atoms with E-state index in [2.05, 4.69) is 15.6 Å². The van der Waals surface area contributed by atoms with Gasteiger partial charge in [-0.05, 0) is 12.5 Å². The summed E-state index contributed by atoms with van der Waals surface area (Å²) in [6.07, 6.45) is 0.667. The van der Waals surface area contributed by atoms with Crippen molar-refractivity contribution >= 4 is 40.6 Å². The molecule has 3 rings (SSSR count). The normalized spacial score (nSPS) is 11.0. The van der Waals surface area contributed by atoms with E-state index in [1.807, 2.05) is 6.92 Å². The minimum absolute atomic E-state index is 0.0565. The highest BCUT2D eigenvalue weighted by Gasteiger charge is 2.14. The summed E-state index contributed by atoms with van der Waals surface area (Å²) in [5, 5.41) is 11.6. The van der Waals surface area contributed by atoms with Gasteiger partial charge in [-0.15, -0.1) is 8.98 Å². The predicted octanol–water partition coefficient (Wildman–Crippen LogP) is 3.30. The lowest BCUT2D eigenvalue weighted by molar-refractivity contribution is 0.417. The molecule has 0 spiro atoms. The van der Waals surface area contributed by atoms with Crippen LogP contribution < -0.4 is 15.8 Å². The quantitative estimate of drug-likeness (QED) is 0.744. The molecule has 116 valence electrons.